The van der Waals surface area contributed by atoms with Gasteiger partial charge in [-0.25, -0.2) is 9.59 Å². The molecule has 0 aromatic heterocycles. The van der Waals surface area contributed by atoms with Crippen molar-refractivity contribution < 1.29 is 32.2 Å². The molecule has 2 aromatic rings. The van der Waals surface area contributed by atoms with Gasteiger partial charge in [0.15, 0.2) is 0 Å². The van der Waals surface area contributed by atoms with Crippen molar-refractivity contribution in [3.63, 3.8) is 0 Å². The second-order valence-corrected chi connectivity index (χ2v) is 8.57. The number of carbonyl (C=O) groups is 2. The van der Waals surface area contributed by atoms with E-state index in [0.29, 0.717) is 25.1 Å². The number of piperazine rings is 1. The molecule has 9 heteroatoms. The average molecular weight is 493 g/mol. The van der Waals surface area contributed by atoms with E-state index in [1.807, 2.05) is 49.1 Å². The van der Waals surface area contributed by atoms with E-state index in [-0.39, 0.29) is 25.3 Å². The molecule has 0 saturated carbocycles. The van der Waals surface area contributed by atoms with Gasteiger partial charge in [0.25, 0.3) is 0 Å². The van der Waals surface area contributed by atoms with E-state index < -0.39 is 29.8 Å². The number of benzene rings is 2. The molecule has 3 rings (SSSR count). The first-order chi connectivity index (χ1) is 16.7. The maximum atomic E-state index is 13.1. The molecule has 1 saturated heterocycles. The molecule has 1 unspecified atom stereocenters. The number of rotatable bonds is 7. The Hall–Kier alpha value is -3.07. The molecule has 0 bridgehead atoms. The first-order valence-corrected chi connectivity index (χ1v) is 11.7. The molecule has 0 radical (unpaired) electrons. The zero-order valence-corrected chi connectivity index (χ0v) is 20.1. The topological polar surface area (TPSA) is 59.1 Å². The number of alkyl halides is 3. The molecule has 3 atom stereocenters. The SMILES string of the molecule is CCOC(=O)C(c1ccc(C(F)(F)F)cc1)N1C[C@H](C)N(C(=O)OCc2ccccc2)C[C@H]1CC. The van der Waals surface area contributed by atoms with Crippen LogP contribution in [0.25, 0.3) is 0 Å². The van der Waals surface area contributed by atoms with Gasteiger partial charge in [-0.05, 0) is 43.5 Å². The van der Waals surface area contributed by atoms with E-state index in [1.54, 1.807) is 11.8 Å². The second kappa shape index (κ2) is 11.6. The number of hydrogen-bond acceptors (Lipinski definition) is 5. The summed E-state index contributed by atoms with van der Waals surface area (Å²) in [6.45, 7) is 6.44. The van der Waals surface area contributed by atoms with E-state index in [0.717, 1.165) is 17.7 Å². The van der Waals surface area contributed by atoms with E-state index in [4.69, 9.17) is 9.47 Å². The summed E-state index contributed by atoms with van der Waals surface area (Å²) in [6, 6.07) is 12.6. The third-order valence-electron chi connectivity index (χ3n) is 6.19. The zero-order valence-electron chi connectivity index (χ0n) is 20.1. The van der Waals surface area contributed by atoms with Crippen molar-refractivity contribution in [3.05, 3.63) is 71.3 Å². The van der Waals surface area contributed by atoms with Crippen LogP contribution >= 0.6 is 0 Å². The molecule has 1 heterocycles. The van der Waals surface area contributed by atoms with Crippen molar-refractivity contribution >= 4 is 12.1 Å². The maximum absolute atomic E-state index is 13.1. The predicted molar refractivity (Wildman–Crippen MR) is 124 cm³/mol. The zero-order chi connectivity index (χ0) is 25.6. The Morgan fingerprint density at radius 3 is 2.23 bits per heavy atom. The van der Waals surface area contributed by atoms with Gasteiger partial charge < -0.3 is 14.4 Å². The molecule has 1 amide bonds. The first kappa shape index (κ1) is 26.5. The number of amides is 1. The van der Waals surface area contributed by atoms with E-state index >= 15 is 0 Å². The summed E-state index contributed by atoms with van der Waals surface area (Å²) in [6.07, 6.45) is -4.29. The Balaban J connectivity index is 1.80. The molecule has 6 nitrogen and oxygen atoms in total. The van der Waals surface area contributed by atoms with Gasteiger partial charge in [-0.1, -0.05) is 49.4 Å². The summed E-state index contributed by atoms with van der Waals surface area (Å²) < 4.78 is 50.0. The van der Waals surface area contributed by atoms with Crippen LogP contribution in [0.5, 0.6) is 0 Å². The minimum Gasteiger partial charge on any atom is -0.465 e. The Morgan fingerprint density at radius 2 is 1.66 bits per heavy atom. The van der Waals surface area contributed by atoms with Crippen LogP contribution in [0.4, 0.5) is 18.0 Å². The fourth-order valence-electron chi connectivity index (χ4n) is 4.34. The highest BCUT2D eigenvalue weighted by molar-refractivity contribution is 5.78. The lowest BCUT2D eigenvalue weighted by atomic mass is 9.97. The van der Waals surface area contributed by atoms with Gasteiger partial charge in [0.2, 0.25) is 0 Å². The van der Waals surface area contributed by atoms with Gasteiger partial charge in [-0.15, -0.1) is 0 Å². The summed E-state index contributed by atoms with van der Waals surface area (Å²) in [7, 11) is 0. The van der Waals surface area contributed by atoms with Gasteiger partial charge in [-0.3, -0.25) is 4.90 Å². The quantitative estimate of drug-likeness (QED) is 0.483. The minimum atomic E-state index is -4.47. The van der Waals surface area contributed by atoms with Gasteiger partial charge in [-0.2, -0.15) is 13.2 Å². The van der Waals surface area contributed by atoms with Crippen LogP contribution in [0, 0.1) is 0 Å². The number of ether oxygens (including phenoxy) is 2. The summed E-state index contributed by atoms with van der Waals surface area (Å²) in [4.78, 5) is 29.4. The molecular formula is C26H31F3N2O4. The average Bonchev–Trinajstić information content (AvgIpc) is 2.83. The minimum absolute atomic E-state index is 0.147. The smallest absolute Gasteiger partial charge is 0.416 e. The molecule has 0 spiro atoms. The molecule has 35 heavy (non-hydrogen) atoms. The highest BCUT2D eigenvalue weighted by atomic mass is 19.4. The molecule has 1 aliphatic rings. The number of nitrogens with zero attached hydrogens (tertiary/aromatic N) is 2. The highest BCUT2D eigenvalue weighted by Gasteiger charge is 2.41. The molecule has 1 fully saturated rings. The summed E-state index contributed by atoms with van der Waals surface area (Å²) in [5.74, 6) is -0.530. The first-order valence-electron chi connectivity index (χ1n) is 11.7. The lowest BCUT2D eigenvalue weighted by Crippen LogP contribution is -2.60. The number of halogens is 3. The van der Waals surface area contributed by atoms with Crippen molar-refractivity contribution in [1.29, 1.82) is 0 Å². The second-order valence-electron chi connectivity index (χ2n) is 8.57. The van der Waals surface area contributed by atoms with Crippen molar-refractivity contribution in [3.8, 4) is 0 Å². The van der Waals surface area contributed by atoms with Crippen LogP contribution in [-0.2, 0) is 27.1 Å². The van der Waals surface area contributed by atoms with Gasteiger partial charge >= 0.3 is 18.2 Å². The Morgan fingerprint density at radius 1 is 1.00 bits per heavy atom. The standard InChI is InChI=1S/C26H31F3N2O4/c1-4-22-16-30(25(33)35-17-19-9-7-6-8-10-19)18(3)15-31(22)23(24(32)34-5-2)20-11-13-21(14-12-20)26(27,28)29/h6-14,18,22-23H,4-5,15-17H2,1-3H3/t18-,22+,23?/m0/s1. The van der Waals surface area contributed by atoms with E-state index in [1.165, 1.54) is 12.1 Å². The highest BCUT2D eigenvalue weighted by Crippen LogP contribution is 2.34. The van der Waals surface area contributed by atoms with Crippen molar-refractivity contribution in [2.24, 2.45) is 0 Å². The Kier molecular flexibility index (Phi) is 8.77. The number of esters is 1. The molecular weight excluding hydrogens is 461 g/mol. The third kappa shape index (κ3) is 6.54. The fraction of sp³-hybridized carbons (Fsp3) is 0.462. The molecule has 2 aromatic carbocycles. The van der Waals surface area contributed by atoms with Crippen molar-refractivity contribution in [2.75, 3.05) is 19.7 Å². The molecule has 0 aliphatic carbocycles. The van der Waals surface area contributed by atoms with E-state index in [9.17, 15) is 22.8 Å². The monoisotopic (exact) mass is 492 g/mol. The lowest BCUT2D eigenvalue weighted by Gasteiger charge is -2.47. The number of hydrogen-bond donors (Lipinski definition) is 0. The van der Waals surface area contributed by atoms with Crippen LogP contribution in [0.3, 0.4) is 0 Å². The van der Waals surface area contributed by atoms with Crippen molar-refractivity contribution in [2.45, 2.75) is 58.1 Å². The molecule has 0 N–H and O–H groups in total. The third-order valence-corrected chi connectivity index (χ3v) is 6.19. The summed E-state index contributed by atoms with van der Waals surface area (Å²) >= 11 is 0. The molecule has 190 valence electrons. The van der Waals surface area contributed by atoms with E-state index in [2.05, 4.69) is 0 Å². The number of carbonyl (C=O) groups excluding carboxylic acids is 2. The maximum Gasteiger partial charge on any atom is 0.416 e. The van der Waals surface area contributed by atoms with Crippen LogP contribution in [0.15, 0.2) is 54.6 Å². The van der Waals surface area contributed by atoms with Crippen LogP contribution in [0.2, 0.25) is 0 Å². The summed E-state index contributed by atoms with van der Waals surface area (Å²) in [5.41, 5.74) is 0.515. The van der Waals surface area contributed by atoms with Gasteiger partial charge in [0.05, 0.1) is 12.2 Å². The van der Waals surface area contributed by atoms with Crippen molar-refractivity contribution in [1.82, 2.24) is 9.80 Å². The van der Waals surface area contributed by atoms with Crippen LogP contribution in [0.1, 0.15) is 49.9 Å². The lowest BCUT2D eigenvalue weighted by molar-refractivity contribution is -0.152. The fourth-order valence-corrected chi connectivity index (χ4v) is 4.34. The molecule has 1 aliphatic heterocycles. The Bertz CT molecular complexity index is 982. The predicted octanol–water partition coefficient (Wildman–Crippen LogP) is 5.43. The largest absolute Gasteiger partial charge is 0.465 e. The Labute approximate surface area is 203 Å². The van der Waals surface area contributed by atoms with Gasteiger partial charge in [0, 0.05) is 25.2 Å². The van der Waals surface area contributed by atoms with Crippen LogP contribution < -0.4 is 0 Å². The van der Waals surface area contributed by atoms with Crippen LogP contribution in [-0.4, -0.2) is 53.6 Å². The van der Waals surface area contributed by atoms with Gasteiger partial charge in [0.1, 0.15) is 12.6 Å². The summed E-state index contributed by atoms with van der Waals surface area (Å²) in [5, 5.41) is 0. The normalized spacial score (nSPS) is 19.8.